The second-order valence-electron chi connectivity index (χ2n) is 3.50. The van der Waals surface area contributed by atoms with Crippen LogP contribution in [0.15, 0.2) is 15.9 Å². The molecule has 0 saturated heterocycles. The third-order valence-corrected chi connectivity index (χ3v) is 3.84. The summed E-state index contributed by atoms with van der Waals surface area (Å²) in [6.07, 6.45) is -3.08. The molecule has 1 N–H and O–H groups in total. The van der Waals surface area contributed by atoms with Gasteiger partial charge in [0, 0.05) is 4.88 Å². The fraction of sp³-hybridized carbons (Fsp3) is 0.600. The molecule has 0 amide bonds. The van der Waals surface area contributed by atoms with Gasteiger partial charge in [-0.15, -0.1) is 11.3 Å². The summed E-state index contributed by atoms with van der Waals surface area (Å²) in [5.74, 6) is -4.07. The molecule has 0 spiro atoms. The van der Waals surface area contributed by atoms with Crippen LogP contribution in [0.1, 0.15) is 24.3 Å². The van der Waals surface area contributed by atoms with E-state index in [2.05, 4.69) is 21.2 Å². The summed E-state index contributed by atoms with van der Waals surface area (Å²) in [6.45, 7) is 2.05. The molecule has 1 rings (SSSR count). The molecule has 17 heavy (non-hydrogen) atoms. The number of nitrogens with one attached hydrogen (secondary N) is 1. The van der Waals surface area contributed by atoms with Crippen molar-refractivity contribution in [2.75, 3.05) is 6.54 Å². The Balaban J connectivity index is 2.95. The molecule has 0 radical (unpaired) electrons. The number of rotatable bonds is 6. The van der Waals surface area contributed by atoms with Gasteiger partial charge in [-0.05, 0) is 41.0 Å². The molecule has 7 heteroatoms. The second kappa shape index (κ2) is 6.15. The molecule has 0 saturated carbocycles. The highest BCUT2D eigenvalue weighted by Gasteiger charge is 2.49. The van der Waals surface area contributed by atoms with Crippen molar-refractivity contribution in [3.63, 3.8) is 0 Å². The average molecular weight is 334 g/mol. The predicted molar refractivity (Wildman–Crippen MR) is 64.0 cm³/mol. The van der Waals surface area contributed by atoms with Crippen molar-refractivity contribution in [1.82, 2.24) is 5.32 Å². The number of alkyl halides is 4. The van der Waals surface area contributed by atoms with Crippen LogP contribution in [0.25, 0.3) is 0 Å². The lowest BCUT2D eigenvalue weighted by Crippen LogP contribution is -2.42. The van der Waals surface area contributed by atoms with Gasteiger partial charge in [-0.3, -0.25) is 0 Å². The van der Waals surface area contributed by atoms with E-state index in [9.17, 15) is 17.6 Å². The monoisotopic (exact) mass is 333 g/mol. The molecule has 0 bridgehead atoms. The fourth-order valence-corrected chi connectivity index (χ4v) is 2.87. The molecule has 0 aliphatic rings. The maximum Gasteiger partial charge on any atom is 0.327 e. The summed E-state index contributed by atoms with van der Waals surface area (Å²) < 4.78 is 52.2. The van der Waals surface area contributed by atoms with E-state index < -0.39 is 18.4 Å². The van der Waals surface area contributed by atoms with Crippen molar-refractivity contribution in [3.05, 3.63) is 20.8 Å². The number of thiophene rings is 1. The third kappa shape index (κ3) is 3.66. The molecule has 1 nitrogen and oxygen atoms in total. The van der Waals surface area contributed by atoms with E-state index in [1.54, 1.807) is 13.0 Å². The standard InChI is InChI=1S/C10H12BrF4NS/c1-2-5-16-8(10(14,15)9(12)13)6-3-4-7(11)17-6/h3-4,8-9,16H,2,5H2,1H3. The topological polar surface area (TPSA) is 12.0 Å². The van der Waals surface area contributed by atoms with Gasteiger partial charge in [0.25, 0.3) is 0 Å². The van der Waals surface area contributed by atoms with Crippen molar-refractivity contribution in [2.45, 2.75) is 31.7 Å². The Kier molecular flexibility index (Phi) is 5.40. The predicted octanol–water partition coefficient (Wildman–Crippen LogP) is 4.45. The summed E-state index contributed by atoms with van der Waals surface area (Å²) >= 11 is 4.16. The van der Waals surface area contributed by atoms with Crippen LogP contribution in [0.5, 0.6) is 0 Å². The molecule has 1 unspecified atom stereocenters. The molecular formula is C10H12BrF4NS. The molecule has 98 valence electrons. The van der Waals surface area contributed by atoms with Gasteiger partial charge in [0.15, 0.2) is 0 Å². The Morgan fingerprint density at radius 2 is 2.06 bits per heavy atom. The molecule has 0 aliphatic carbocycles. The van der Waals surface area contributed by atoms with E-state index in [0.29, 0.717) is 10.2 Å². The first-order chi connectivity index (χ1) is 7.89. The van der Waals surface area contributed by atoms with Crippen LogP contribution in [-0.4, -0.2) is 18.9 Å². The van der Waals surface area contributed by atoms with Crippen LogP contribution in [0.2, 0.25) is 0 Å². The molecular weight excluding hydrogens is 322 g/mol. The van der Waals surface area contributed by atoms with Crippen molar-refractivity contribution < 1.29 is 17.6 Å². The summed E-state index contributed by atoms with van der Waals surface area (Å²) in [5, 5.41) is 2.48. The number of hydrogen-bond donors (Lipinski definition) is 1. The SMILES string of the molecule is CCCNC(c1ccc(Br)s1)C(F)(F)C(F)F. The van der Waals surface area contributed by atoms with Gasteiger partial charge < -0.3 is 5.32 Å². The van der Waals surface area contributed by atoms with E-state index in [1.807, 2.05) is 0 Å². The van der Waals surface area contributed by atoms with Crippen LogP contribution in [0.3, 0.4) is 0 Å². The van der Waals surface area contributed by atoms with Crippen molar-refractivity contribution >= 4 is 27.3 Å². The lowest BCUT2D eigenvalue weighted by Gasteiger charge is -2.26. The van der Waals surface area contributed by atoms with E-state index in [4.69, 9.17) is 0 Å². The third-order valence-electron chi connectivity index (χ3n) is 2.15. The number of halogens is 5. The van der Waals surface area contributed by atoms with Gasteiger partial charge in [-0.2, -0.15) is 8.78 Å². The Labute approximate surface area is 109 Å². The lowest BCUT2D eigenvalue weighted by molar-refractivity contribution is -0.150. The number of hydrogen-bond acceptors (Lipinski definition) is 2. The van der Waals surface area contributed by atoms with E-state index in [-0.39, 0.29) is 11.4 Å². The Morgan fingerprint density at radius 3 is 2.47 bits per heavy atom. The summed E-state index contributed by atoms with van der Waals surface area (Å²) in [6, 6.07) is 1.36. The maximum absolute atomic E-state index is 13.4. The van der Waals surface area contributed by atoms with Crippen molar-refractivity contribution in [2.24, 2.45) is 0 Å². The van der Waals surface area contributed by atoms with E-state index in [1.165, 1.54) is 6.07 Å². The quantitative estimate of drug-likeness (QED) is 0.758. The van der Waals surface area contributed by atoms with Crippen molar-refractivity contribution in [1.29, 1.82) is 0 Å². The zero-order valence-electron chi connectivity index (χ0n) is 9.02. The Bertz CT molecular complexity index is 356. The molecule has 1 aromatic rings. The van der Waals surface area contributed by atoms with Crippen LogP contribution in [0, 0.1) is 0 Å². The largest absolute Gasteiger partial charge is 0.327 e. The van der Waals surface area contributed by atoms with E-state index in [0.717, 1.165) is 11.3 Å². The molecule has 1 heterocycles. The summed E-state index contributed by atoms with van der Waals surface area (Å²) in [4.78, 5) is 0.204. The second-order valence-corrected chi connectivity index (χ2v) is 6.00. The van der Waals surface area contributed by atoms with E-state index >= 15 is 0 Å². The summed E-state index contributed by atoms with van der Waals surface area (Å²) in [5.41, 5.74) is 0. The van der Waals surface area contributed by atoms with Crippen LogP contribution in [0.4, 0.5) is 17.6 Å². The minimum absolute atomic E-state index is 0.204. The van der Waals surface area contributed by atoms with Crippen molar-refractivity contribution in [3.8, 4) is 0 Å². The van der Waals surface area contributed by atoms with Crippen LogP contribution < -0.4 is 5.32 Å². The zero-order chi connectivity index (χ0) is 13.1. The highest BCUT2D eigenvalue weighted by atomic mass is 79.9. The van der Waals surface area contributed by atoms with Gasteiger partial charge in [0.2, 0.25) is 0 Å². The first kappa shape index (κ1) is 14.9. The van der Waals surface area contributed by atoms with Gasteiger partial charge >= 0.3 is 12.3 Å². The molecule has 1 atom stereocenters. The first-order valence-electron chi connectivity index (χ1n) is 5.04. The Hall–Kier alpha value is -0.140. The smallest absolute Gasteiger partial charge is 0.304 e. The van der Waals surface area contributed by atoms with Crippen LogP contribution in [-0.2, 0) is 0 Å². The van der Waals surface area contributed by atoms with Crippen LogP contribution >= 0.6 is 27.3 Å². The molecule has 1 aromatic heterocycles. The highest BCUT2D eigenvalue weighted by molar-refractivity contribution is 9.11. The average Bonchev–Trinajstić information content (AvgIpc) is 2.65. The van der Waals surface area contributed by atoms with Gasteiger partial charge in [0.1, 0.15) is 6.04 Å². The molecule has 0 aliphatic heterocycles. The molecule has 0 aromatic carbocycles. The highest BCUT2D eigenvalue weighted by Crippen LogP contribution is 2.40. The van der Waals surface area contributed by atoms with Gasteiger partial charge in [0.05, 0.1) is 3.79 Å². The van der Waals surface area contributed by atoms with Gasteiger partial charge in [-0.25, -0.2) is 8.78 Å². The minimum atomic E-state index is -4.07. The fourth-order valence-electron chi connectivity index (χ4n) is 1.32. The first-order valence-corrected chi connectivity index (χ1v) is 6.65. The minimum Gasteiger partial charge on any atom is -0.304 e. The lowest BCUT2D eigenvalue weighted by atomic mass is 10.1. The Morgan fingerprint density at radius 1 is 1.41 bits per heavy atom. The van der Waals surface area contributed by atoms with Gasteiger partial charge in [-0.1, -0.05) is 6.92 Å². The maximum atomic E-state index is 13.4. The summed E-state index contributed by atoms with van der Waals surface area (Å²) in [7, 11) is 0. The zero-order valence-corrected chi connectivity index (χ0v) is 11.4. The normalized spacial score (nSPS) is 14.3. The molecule has 0 fully saturated rings.